The molecule has 0 fully saturated rings. The summed E-state index contributed by atoms with van der Waals surface area (Å²) in [5.41, 5.74) is 6.99. The van der Waals surface area contributed by atoms with Gasteiger partial charge in [-0.05, 0) is 19.1 Å². The van der Waals surface area contributed by atoms with E-state index in [9.17, 15) is 0 Å². The van der Waals surface area contributed by atoms with Crippen LogP contribution in [0.2, 0.25) is 0 Å². The van der Waals surface area contributed by atoms with Crippen molar-refractivity contribution in [2.75, 3.05) is 0 Å². The first-order valence-corrected chi connectivity index (χ1v) is 5.13. The second-order valence-corrected chi connectivity index (χ2v) is 3.58. The molecule has 0 aromatic carbocycles. The van der Waals surface area contributed by atoms with Gasteiger partial charge in [-0.25, -0.2) is 0 Å². The van der Waals surface area contributed by atoms with E-state index in [1.165, 1.54) is 0 Å². The van der Waals surface area contributed by atoms with Gasteiger partial charge in [-0.1, -0.05) is 5.16 Å². The molecule has 3 aromatic rings. The molecule has 7 heteroatoms. The Bertz CT molecular complexity index is 670. The van der Waals surface area contributed by atoms with Gasteiger partial charge in [0.15, 0.2) is 17.3 Å². The molecular weight excluding hydrogens is 220 g/mol. The highest BCUT2D eigenvalue weighted by Gasteiger charge is 2.14. The minimum atomic E-state index is 0.327. The zero-order valence-electron chi connectivity index (χ0n) is 9.16. The van der Waals surface area contributed by atoms with Gasteiger partial charge in [0.2, 0.25) is 0 Å². The molecule has 17 heavy (non-hydrogen) atoms. The molecule has 3 heterocycles. The van der Waals surface area contributed by atoms with Gasteiger partial charge in [0.05, 0.1) is 12.1 Å². The van der Waals surface area contributed by atoms with Gasteiger partial charge in [0.25, 0.3) is 5.89 Å². The van der Waals surface area contributed by atoms with Gasteiger partial charge in [0, 0.05) is 6.20 Å². The number of hydrogen-bond acceptors (Lipinski definition) is 6. The fourth-order valence-corrected chi connectivity index (χ4v) is 1.68. The lowest BCUT2D eigenvalue weighted by Gasteiger charge is -1.98. The third kappa shape index (κ3) is 1.48. The number of rotatable bonds is 2. The second-order valence-electron chi connectivity index (χ2n) is 3.58. The quantitative estimate of drug-likeness (QED) is 0.690. The van der Waals surface area contributed by atoms with Crippen molar-refractivity contribution in [3.63, 3.8) is 0 Å². The van der Waals surface area contributed by atoms with Gasteiger partial charge in [0.1, 0.15) is 0 Å². The first-order valence-electron chi connectivity index (χ1n) is 5.13. The fourth-order valence-electron chi connectivity index (χ4n) is 1.68. The van der Waals surface area contributed by atoms with Gasteiger partial charge < -0.3 is 10.3 Å². The number of nitrogens with zero attached hydrogens (tertiary/aromatic N) is 5. The Hall–Kier alpha value is -2.28. The van der Waals surface area contributed by atoms with Gasteiger partial charge in [-0.15, -0.1) is 10.2 Å². The molecule has 86 valence electrons. The first-order chi connectivity index (χ1) is 8.29. The van der Waals surface area contributed by atoms with Crippen LogP contribution in [0.25, 0.3) is 17.1 Å². The van der Waals surface area contributed by atoms with E-state index in [4.69, 9.17) is 10.3 Å². The molecule has 0 unspecified atom stereocenters. The van der Waals surface area contributed by atoms with Crippen molar-refractivity contribution in [2.24, 2.45) is 5.73 Å². The van der Waals surface area contributed by atoms with E-state index in [1.54, 1.807) is 6.92 Å². The molecule has 0 bridgehead atoms. The smallest absolute Gasteiger partial charge is 0.261 e. The molecule has 0 saturated carbocycles. The van der Waals surface area contributed by atoms with E-state index in [0.29, 0.717) is 29.7 Å². The maximum atomic E-state index is 5.58. The third-order valence-electron chi connectivity index (χ3n) is 2.45. The van der Waals surface area contributed by atoms with Crippen LogP contribution in [0, 0.1) is 6.92 Å². The summed E-state index contributed by atoms with van der Waals surface area (Å²) < 4.78 is 6.94. The maximum Gasteiger partial charge on any atom is 0.261 e. The average molecular weight is 230 g/mol. The van der Waals surface area contributed by atoms with Crippen LogP contribution in [-0.2, 0) is 6.54 Å². The van der Waals surface area contributed by atoms with Crippen LogP contribution < -0.4 is 5.73 Å². The second kappa shape index (κ2) is 3.63. The molecule has 0 aliphatic carbocycles. The zero-order valence-corrected chi connectivity index (χ0v) is 9.16. The summed E-state index contributed by atoms with van der Waals surface area (Å²) in [5.74, 6) is 1.71. The van der Waals surface area contributed by atoms with E-state index in [0.717, 1.165) is 5.56 Å². The molecule has 7 nitrogen and oxygen atoms in total. The largest absolute Gasteiger partial charge is 0.334 e. The number of aromatic nitrogens is 5. The zero-order chi connectivity index (χ0) is 11.8. The van der Waals surface area contributed by atoms with Crippen LogP contribution in [0.1, 0.15) is 11.6 Å². The number of hydrogen-bond donors (Lipinski definition) is 1. The highest BCUT2D eigenvalue weighted by atomic mass is 16.5. The number of nitrogens with two attached hydrogens (primary N) is 1. The molecule has 0 amide bonds. The van der Waals surface area contributed by atoms with Crippen molar-refractivity contribution in [3.8, 4) is 11.5 Å². The molecule has 0 aliphatic heterocycles. The van der Waals surface area contributed by atoms with Crippen LogP contribution in [0.3, 0.4) is 0 Å². The van der Waals surface area contributed by atoms with Gasteiger partial charge in [-0.3, -0.25) is 4.40 Å². The summed E-state index contributed by atoms with van der Waals surface area (Å²) in [6, 6.07) is 3.72. The van der Waals surface area contributed by atoms with E-state index < -0.39 is 0 Å². The number of pyridine rings is 1. The standard InChI is InChI=1S/C10H10N6O/c1-6-12-10(17-15-6)7-3-2-4-16-8(5-11)13-14-9(7)16/h2-4H,5,11H2,1H3. The van der Waals surface area contributed by atoms with Crippen molar-refractivity contribution in [1.82, 2.24) is 24.7 Å². The average Bonchev–Trinajstić information content (AvgIpc) is 2.94. The Morgan fingerprint density at radius 3 is 3.00 bits per heavy atom. The molecule has 0 atom stereocenters. The van der Waals surface area contributed by atoms with E-state index in [-0.39, 0.29) is 0 Å². The lowest BCUT2D eigenvalue weighted by molar-refractivity contribution is 0.426. The van der Waals surface area contributed by atoms with Crippen molar-refractivity contribution in [1.29, 1.82) is 0 Å². The van der Waals surface area contributed by atoms with Crippen molar-refractivity contribution in [3.05, 3.63) is 30.0 Å². The summed E-state index contributed by atoms with van der Waals surface area (Å²) in [6.07, 6.45) is 1.85. The molecule has 0 saturated heterocycles. The van der Waals surface area contributed by atoms with E-state index in [1.807, 2.05) is 22.7 Å². The Labute approximate surface area is 96.3 Å². The molecule has 3 rings (SSSR count). The maximum absolute atomic E-state index is 5.58. The van der Waals surface area contributed by atoms with Crippen molar-refractivity contribution >= 4 is 5.65 Å². The van der Waals surface area contributed by atoms with Gasteiger partial charge in [-0.2, -0.15) is 4.98 Å². The SMILES string of the molecule is Cc1noc(-c2cccn3c(CN)nnc23)n1. The Balaban J connectivity index is 2.26. The predicted octanol–water partition coefficient (Wildman–Crippen LogP) is 0.546. The monoisotopic (exact) mass is 230 g/mol. The molecule has 0 spiro atoms. The van der Waals surface area contributed by atoms with E-state index in [2.05, 4.69) is 20.3 Å². The topological polar surface area (TPSA) is 95.1 Å². The summed E-state index contributed by atoms with van der Waals surface area (Å²) in [4.78, 5) is 4.18. The van der Waals surface area contributed by atoms with Crippen LogP contribution in [0.15, 0.2) is 22.9 Å². The van der Waals surface area contributed by atoms with Gasteiger partial charge >= 0.3 is 0 Å². The van der Waals surface area contributed by atoms with Crippen LogP contribution in [0.4, 0.5) is 0 Å². The number of aryl methyl sites for hydroxylation is 1. The lowest BCUT2D eigenvalue weighted by Crippen LogP contribution is -2.02. The molecule has 0 radical (unpaired) electrons. The minimum Gasteiger partial charge on any atom is -0.334 e. The molecule has 3 aromatic heterocycles. The lowest BCUT2D eigenvalue weighted by atomic mass is 10.2. The summed E-state index contributed by atoms with van der Waals surface area (Å²) >= 11 is 0. The van der Waals surface area contributed by atoms with Crippen molar-refractivity contribution in [2.45, 2.75) is 13.5 Å². The minimum absolute atomic E-state index is 0.327. The summed E-state index contributed by atoms with van der Waals surface area (Å²) in [7, 11) is 0. The molecule has 0 aliphatic rings. The van der Waals surface area contributed by atoms with Crippen molar-refractivity contribution < 1.29 is 4.52 Å². The van der Waals surface area contributed by atoms with Crippen LogP contribution in [-0.4, -0.2) is 24.7 Å². The molecular formula is C10H10N6O. The summed E-state index contributed by atoms with van der Waals surface area (Å²) in [5, 5.41) is 11.8. The fraction of sp³-hybridized carbons (Fsp3) is 0.200. The molecule has 2 N–H and O–H groups in total. The highest BCUT2D eigenvalue weighted by Crippen LogP contribution is 2.21. The van der Waals surface area contributed by atoms with Crippen LogP contribution in [0.5, 0.6) is 0 Å². The normalized spacial score (nSPS) is 11.2. The summed E-state index contributed by atoms with van der Waals surface area (Å²) in [6.45, 7) is 2.09. The van der Waals surface area contributed by atoms with Crippen LogP contribution >= 0.6 is 0 Å². The predicted molar refractivity (Wildman–Crippen MR) is 58.9 cm³/mol. The Kier molecular flexibility index (Phi) is 2.12. The third-order valence-corrected chi connectivity index (χ3v) is 2.45. The Morgan fingerprint density at radius 2 is 2.29 bits per heavy atom. The van der Waals surface area contributed by atoms with E-state index >= 15 is 0 Å². The number of fused-ring (bicyclic) bond motifs is 1. The Morgan fingerprint density at radius 1 is 1.41 bits per heavy atom. The first kappa shape index (κ1) is 9.91. The highest BCUT2D eigenvalue weighted by molar-refractivity contribution is 5.71.